The summed E-state index contributed by atoms with van der Waals surface area (Å²) in [5, 5.41) is 16.0. The van der Waals surface area contributed by atoms with Crippen molar-refractivity contribution in [3.63, 3.8) is 0 Å². The minimum absolute atomic E-state index is 0.312. The summed E-state index contributed by atoms with van der Waals surface area (Å²) < 4.78 is 0. The molecule has 1 saturated carbocycles. The van der Waals surface area contributed by atoms with E-state index in [1.54, 1.807) is 13.1 Å². The Morgan fingerprint density at radius 2 is 2.29 bits per heavy atom. The first-order valence-electron chi connectivity index (χ1n) is 7.55. The normalized spacial score (nSPS) is 20.0. The van der Waals surface area contributed by atoms with Crippen LogP contribution in [0.5, 0.6) is 0 Å². The molecule has 1 fully saturated rings. The Labute approximate surface area is 127 Å². The molecule has 0 amide bonds. The highest BCUT2D eigenvalue weighted by Gasteiger charge is 2.27. The average molecular weight is 287 g/mol. The molecule has 0 radical (unpaired) electrons. The van der Waals surface area contributed by atoms with Crippen molar-refractivity contribution >= 4 is 6.21 Å². The highest BCUT2D eigenvalue weighted by Crippen LogP contribution is 2.36. The van der Waals surface area contributed by atoms with Gasteiger partial charge >= 0.3 is 0 Å². The molecule has 4 nitrogen and oxygen atoms in total. The number of allylic oxidation sites excluding steroid dienone is 3. The lowest BCUT2D eigenvalue weighted by atomic mass is 10.1. The summed E-state index contributed by atoms with van der Waals surface area (Å²) in [6, 6.07) is 0. The number of nitrogens with one attached hydrogen (secondary N) is 2. The number of nitrogens with zero attached hydrogens (tertiary/aromatic N) is 1. The maximum Gasteiger partial charge on any atom is 0.0800 e. The molecule has 0 saturated heterocycles. The van der Waals surface area contributed by atoms with E-state index in [9.17, 15) is 5.11 Å². The second kappa shape index (κ2) is 6.76. The lowest BCUT2D eigenvalue weighted by Crippen LogP contribution is -2.22. The third-order valence-corrected chi connectivity index (χ3v) is 3.73. The van der Waals surface area contributed by atoms with Gasteiger partial charge in [0.25, 0.3) is 0 Å². The van der Waals surface area contributed by atoms with Crippen LogP contribution in [-0.4, -0.2) is 24.0 Å². The lowest BCUT2D eigenvalue weighted by molar-refractivity contribution is 0.185. The van der Waals surface area contributed by atoms with Gasteiger partial charge in [0.2, 0.25) is 0 Å². The zero-order valence-electron chi connectivity index (χ0n) is 12.9. The van der Waals surface area contributed by atoms with Crippen LogP contribution in [0, 0.1) is 5.92 Å². The molecule has 2 rings (SSSR count). The second-order valence-electron chi connectivity index (χ2n) is 5.68. The first-order chi connectivity index (χ1) is 10.0. The predicted octanol–water partition coefficient (Wildman–Crippen LogP) is 2.62. The molecular formula is C17H25N3O. The van der Waals surface area contributed by atoms with Crippen molar-refractivity contribution in [2.75, 3.05) is 6.54 Å². The van der Waals surface area contributed by atoms with Crippen LogP contribution in [0.15, 0.2) is 52.6 Å². The van der Waals surface area contributed by atoms with Crippen molar-refractivity contribution in [3.05, 3.63) is 47.6 Å². The van der Waals surface area contributed by atoms with Crippen molar-refractivity contribution in [1.82, 2.24) is 10.6 Å². The fourth-order valence-electron chi connectivity index (χ4n) is 2.27. The summed E-state index contributed by atoms with van der Waals surface area (Å²) in [5.41, 5.74) is 4.68. The van der Waals surface area contributed by atoms with Crippen molar-refractivity contribution in [2.45, 2.75) is 39.2 Å². The fourth-order valence-corrected chi connectivity index (χ4v) is 2.27. The predicted molar refractivity (Wildman–Crippen MR) is 87.7 cm³/mol. The van der Waals surface area contributed by atoms with E-state index in [0.29, 0.717) is 18.9 Å². The van der Waals surface area contributed by atoms with Crippen molar-refractivity contribution in [2.24, 2.45) is 10.9 Å². The minimum Gasteiger partial charge on any atom is -0.393 e. The summed E-state index contributed by atoms with van der Waals surface area (Å²) >= 11 is 0. The Kier molecular flexibility index (Phi) is 5.02. The third-order valence-electron chi connectivity index (χ3n) is 3.73. The van der Waals surface area contributed by atoms with E-state index in [1.165, 1.54) is 18.5 Å². The third kappa shape index (κ3) is 4.08. The molecule has 0 spiro atoms. The largest absolute Gasteiger partial charge is 0.393 e. The van der Waals surface area contributed by atoms with Crippen LogP contribution >= 0.6 is 0 Å². The monoisotopic (exact) mass is 287 g/mol. The van der Waals surface area contributed by atoms with Crippen molar-refractivity contribution in [3.8, 4) is 0 Å². The summed E-state index contributed by atoms with van der Waals surface area (Å²) in [4.78, 5) is 4.30. The van der Waals surface area contributed by atoms with Gasteiger partial charge in [-0.05, 0) is 39.0 Å². The summed E-state index contributed by atoms with van der Waals surface area (Å²) in [7, 11) is 0. The van der Waals surface area contributed by atoms with E-state index in [4.69, 9.17) is 0 Å². The second-order valence-corrected chi connectivity index (χ2v) is 5.68. The summed E-state index contributed by atoms with van der Waals surface area (Å²) in [6.45, 7) is 12.6. The molecule has 0 bridgehead atoms. The van der Waals surface area contributed by atoms with E-state index >= 15 is 0 Å². The lowest BCUT2D eigenvalue weighted by Gasteiger charge is -2.16. The molecule has 0 aromatic rings. The quantitative estimate of drug-likeness (QED) is 0.643. The van der Waals surface area contributed by atoms with Gasteiger partial charge in [0.1, 0.15) is 0 Å². The highest BCUT2D eigenvalue weighted by atomic mass is 16.3. The van der Waals surface area contributed by atoms with E-state index in [2.05, 4.69) is 41.8 Å². The summed E-state index contributed by atoms with van der Waals surface area (Å²) in [6.07, 6.45) is 6.79. The molecule has 1 heterocycles. The maximum atomic E-state index is 9.30. The van der Waals surface area contributed by atoms with Crippen molar-refractivity contribution in [1.29, 1.82) is 0 Å². The molecule has 21 heavy (non-hydrogen) atoms. The Bertz CT molecular complexity index is 522. The van der Waals surface area contributed by atoms with Crippen LogP contribution in [0.2, 0.25) is 0 Å². The zero-order chi connectivity index (χ0) is 15.4. The molecular weight excluding hydrogens is 262 g/mol. The number of hydrogen-bond donors (Lipinski definition) is 3. The van der Waals surface area contributed by atoms with Gasteiger partial charge < -0.3 is 15.7 Å². The minimum atomic E-state index is -0.312. The first kappa shape index (κ1) is 15.6. The first-order valence-corrected chi connectivity index (χ1v) is 7.55. The van der Waals surface area contributed by atoms with Crippen LogP contribution in [0.3, 0.4) is 0 Å². The van der Waals surface area contributed by atoms with Gasteiger partial charge in [-0.2, -0.15) is 0 Å². The molecule has 4 heteroatoms. The zero-order valence-corrected chi connectivity index (χ0v) is 12.9. The smallest absolute Gasteiger partial charge is 0.0800 e. The number of aliphatic imine (C=N–C) groups is 1. The molecule has 0 aromatic carbocycles. The number of aliphatic hydroxyl groups is 1. The topological polar surface area (TPSA) is 56.7 Å². The van der Waals surface area contributed by atoms with Gasteiger partial charge in [-0.1, -0.05) is 19.2 Å². The molecule has 1 aliphatic carbocycles. The molecule has 1 aliphatic heterocycles. The maximum absolute atomic E-state index is 9.30. The Morgan fingerprint density at radius 1 is 1.57 bits per heavy atom. The van der Waals surface area contributed by atoms with Gasteiger partial charge in [0, 0.05) is 29.7 Å². The highest BCUT2D eigenvalue weighted by molar-refractivity contribution is 5.90. The average Bonchev–Trinajstić information content (AvgIpc) is 3.20. The number of aliphatic hydroxyl groups excluding tert-OH is 1. The van der Waals surface area contributed by atoms with Crippen LogP contribution in [-0.2, 0) is 0 Å². The molecule has 114 valence electrons. The SMILES string of the molecule is C=C1N=CC(C(=C)NCCC(C)O)=C1N/C(=C\C)C1CC1. The molecule has 0 aromatic heterocycles. The molecule has 3 N–H and O–H groups in total. The Morgan fingerprint density at radius 3 is 2.86 bits per heavy atom. The molecule has 2 aliphatic rings. The van der Waals surface area contributed by atoms with Gasteiger partial charge in [0.05, 0.1) is 17.5 Å². The van der Waals surface area contributed by atoms with E-state index in [-0.39, 0.29) is 6.10 Å². The van der Waals surface area contributed by atoms with E-state index in [0.717, 1.165) is 22.7 Å². The Balaban J connectivity index is 2.04. The van der Waals surface area contributed by atoms with Crippen LogP contribution in [0.25, 0.3) is 0 Å². The summed E-state index contributed by atoms with van der Waals surface area (Å²) in [5.74, 6) is 0.647. The van der Waals surface area contributed by atoms with Crippen LogP contribution in [0.1, 0.15) is 33.1 Å². The van der Waals surface area contributed by atoms with E-state index in [1.807, 2.05) is 0 Å². The van der Waals surface area contributed by atoms with Gasteiger partial charge in [-0.25, -0.2) is 0 Å². The standard InChI is InChI=1S/C17H25N3O/c1-5-16(14-6-7-14)20-17-13(4)19-10-15(17)12(3)18-9-8-11(2)21/h5,10-11,14,18,20-21H,3-4,6-9H2,1-2H3/b16-5-. The molecule has 1 unspecified atom stereocenters. The van der Waals surface area contributed by atoms with Crippen LogP contribution < -0.4 is 10.6 Å². The van der Waals surface area contributed by atoms with E-state index < -0.39 is 0 Å². The van der Waals surface area contributed by atoms with Gasteiger partial charge in [-0.15, -0.1) is 0 Å². The fraction of sp³-hybridized carbons (Fsp3) is 0.471. The van der Waals surface area contributed by atoms with Crippen molar-refractivity contribution < 1.29 is 5.11 Å². The van der Waals surface area contributed by atoms with Crippen LogP contribution in [0.4, 0.5) is 0 Å². The molecule has 1 atom stereocenters. The van der Waals surface area contributed by atoms with Gasteiger partial charge in [-0.3, -0.25) is 4.99 Å². The number of hydrogen-bond acceptors (Lipinski definition) is 4. The van der Waals surface area contributed by atoms with Gasteiger partial charge in [0.15, 0.2) is 0 Å². The number of rotatable bonds is 8. The Hall–Kier alpha value is -1.81.